The Morgan fingerprint density at radius 2 is 1.44 bits per heavy atom. The molecule has 1 N–H and O–H groups in total. The largest absolute Gasteiger partial charge is 0.495 e. The molecule has 13 heteroatoms. The molecule has 50 heavy (non-hydrogen) atoms. The van der Waals surface area contributed by atoms with Gasteiger partial charge < -0.3 is 24.4 Å². The Balaban J connectivity index is 1.89. The molecule has 0 bridgehead atoms. The highest BCUT2D eigenvalue weighted by Crippen LogP contribution is 2.37. The number of nitrogens with one attached hydrogen (secondary N) is 1. The van der Waals surface area contributed by atoms with Crippen LogP contribution in [0.1, 0.15) is 31.9 Å². The van der Waals surface area contributed by atoms with Gasteiger partial charge in [-0.3, -0.25) is 13.9 Å². The summed E-state index contributed by atoms with van der Waals surface area (Å²) < 4.78 is 47.2. The fourth-order valence-corrected chi connectivity index (χ4v) is 7.13. The Labute approximate surface area is 307 Å². The van der Waals surface area contributed by atoms with E-state index in [1.54, 1.807) is 6.07 Å². The van der Waals surface area contributed by atoms with Crippen LogP contribution in [0, 0.1) is 0 Å². The molecule has 4 aromatic rings. The van der Waals surface area contributed by atoms with Gasteiger partial charge in [0.25, 0.3) is 10.0 Å². The van der Waals surface area contributed by atoms with E-state index in [1.807, 2.05) is 75.4 Å². The van der Waals surface area contributed by atoms with Crippen molar-refractivity contribution >= 4 is 55.1 Å². The summed E-state index contributed by atoms with van der Waals surface area (Å²) in [5.41, 5.74) is 0.972. The maximum atomic E-state index is 14.8. The van der Waals surface area contributed by atoms with E-state index in [2.05, 4.69) is 21.2 Å². The van der Waals surface area contributed by atoms with Crippen LogP contribution in [0.3, 0.4) is 0 Å². The Bertz CT molecular complexity index is 1900. The predicted octanol–water partition coefficient (Wildman–Crippen LogP) is 6.88. The number of sulfonamides is 1. The number of benzene rings is 4. The van der Waals surface area contributed by atoms with Crippen LogP contribution in [0.4, 0.5) is 5.69 Å². The number of carbonyl (C=O) groups excluding carboxylic acids is 2. The first-order valence-electron chi connectivity index (χ1n) is 15.6. The van der Waals surface area contributed by atoms with Crippen molar-refractivity contribution < 1.29 is 32.2 Å². The number of hydrogen-bond donors (Lipinski definition) is 1. The summed E-state index contributed by atoms with van der Waals surface area (Å²) in [6, 6.07) is 24.3. The fraction of sp³-hybridized carbons (Fsp3) is 0.297. The van der Waals surface area contributed by atoms with Crippen LogP contribution in [0.5, 0.6) is 17.2 Å². The van der Waals surface area contributed by atoms with Gasteiger partial charge in [-0.1, -0.05) is 70.0 Å². The lowest BCUT2D eigenvalue weighted by molar-refractivity contribution is -0.140. The van der Waals surface area contributed by atoms with Crippen LogP contribution in [0.2, 0.25) is 5.02 Å². The van der Waals surface area contributed by atoms with Crippen LogP contribution < -0.4 is 23.8 Å². The zero-order valence-corrected chi connectivity index (χ0v) is 31.9. The van der Waals surface area contributed by atoms with E-state index in [-0.39, 0.29) is 46.0 Å². The maximum Gasteiger partial charge on any atom is 0.265 e. The van der Waals surface area contributed by atoms with Crippen molar-refractivity contribution in [1.29, 1.82) is 0 Å². The summed E-state index contributed by atoms with van der Waals surface area (Å²) >= 11 is 9.85. The Morgan fingerprint density at radius 1 is 0.820 bits per heavy atom. The number of hydrogen-bond acceptors (Lipinski definition) is 7. The van der Waals surface area contributed by atoms with Gasteiger partial charge in [0.15, 0.2) is 11.5 Å². The average molecular weight is 787 g/mol. The number of anilines is 1. The van der Waals surface area contributed by atoms with Gasteiger partial charge in [-0.25, -0.2) is 8.42 Å². The van der Waals surface area contributed by atoms with E-state index in [0.29, 0.717) is 5.75 Å². The third kappa shape index (κ3) is 9.70. The molecule has 0 aliphatic carbocycles. The Morgan fingerprint density at radius 3 is 2.04 bits per heavy atom. The maximum absolute atomic E-state index is 14.8. The van der Waals surface area contributed by atoms with Crippen LogP contribution in [0.15, 0.2) is 100 Å². The van der Waals surface area contributed by atoms with Crippen molar-refractivity contribution in [3.05, 3.63) is 112 Å². The minimum absolute atomic E-state index is 0.0120. The number of amides is 2. The number of halogens is 2. The Hall–Kier alpha value is -4.26. The highest BCUT2D eigenvalue weighted by atomic mass is 79.9. The molecule has 0 saturated heterocycles. The molecule has 0 spiro atoms. The molecule has 0 saturated carbocycles. The SMILES string of the molecule is COc1ccc(S(=O)(=O)N(CC(=O)N(Cc2ccc(Br)cc2)[C@@H](Cc2ccccc2)C(=O)NC(C)(C)C)c2cc(Cl)ccc2OC)cc1OC. The fourth-order valence-electron chi connectivity index (χ4n) is 5.27. The number of carbonyl (C=O) groups is 2. The monoisotopic (exact) mass is 785 g/mol. The zero-order valence-electron chi connectivity index (χ0n) is 28.8. The second-order valence-corrected chi connectivity index (χ2v) is 15.7. The first kappa shape index (κ1) is 38.5. The van der Waals surface area contributed by atoms with Crippen LogP contribution in [-0.4, -0.2) is 64.6 Å². The van der Waals surface area contributed by atoms with Gasteiger partial charge in [0.1, 0.15) is 18.3 Å². The van der Waals surface area contributed by atoms with Crippen LogP contribution >= 0.6 is 27.5 Å². The molecular weight excluding hydrogens is 746 g/mol. The summed E-state index contributed by atoms with van der Waals surface area (Å²) in [5.74, 6) is -0.359. The van der Waals surface area contributed by atoms with E-state index >= 15 is 0 Å². The number of nitrogens with zero attached hydrogens (tertiary/aromatic N) is 2. The van der Waals surface area contributed by atoms with E-state index in [9.17, 15) is 18.0 Å². The quantitative estimate of drug-likeness (QED) is 0.148. The summed E-state index contributed by atoms with van der Waals surface area (Å²) in [4.78, 5) is 30.1. The van der Waals surface area contributed by atoms with Crippen LogP contribution in [0.25, 0.3) is 0 Å². The topological polar surface area (TPSA) is 114 Å². The zero-order chi connectivity index (χ0) is 36.6. The molecule has 266 valence electrons. The van der Waals surface area contributed by atoms with Gasteiger partial charge in [0.05, 0.1) is 31.9 Å². The van der Waals surface area contributed by atoms with Gasteiger partial charge in [-0.15, -0.1) is 0 Å². The van der Waals surface area contributed by atoms with Crippen molar-refractivity contribution in [3.8, 4) is 17.2 Å². The smallest absolute Gasteiger partial charge is 0.265 e. The van der Waals surface area contributed by atoms with E-state index in [1.165, 1.54) is 56.6 Å². The van der Waals surface area contributed by atoms with Gasteiger partial charge >= 0.3 is 0 Å². The lowest BCUT2D eigenvalue weighted by Crippen LogP contribution is -2.56. The lowest BCUT2D eigenvalue weighted by Gasteiger charge is -2.35. The average Bonchev–Trinajstić information content (AvgIpc) is 3.08. The van der Waals surface area contributed by atoms with Crippen molar-refractivity contribution in [2.75, 3.05) is 32.2 Å². The number of rotatable bonds is 14. The third-order valence-corrected chi connectivity index (χ3v) is 10.2. The highest BCUT2D eigenvalue weighted by Gasteiger charge is 2.37. The molecule has 0 fully saturated rings. The molecule has 4 rings (SSSR count). The number of methoxy groups -OCH3 is 3. The summed E-state index contributed by atoms with van der Waals surface area (Å²) in [5, 5.41) is 3.25. The lowest BCUT2D eigenvalue weighted by atomic mass is 10.0. The first-order valence-corrected chi connectivity index (χ1v) is 18.3. The molecular formula is C37H41BrClN3O7S. The molecule has 2 amide bonds. The molecule has 4 aromatic carbocycles. The van der Waals surface area contributed by atoms with Gasteiger partial charge in [-0.05, 0) is 74.4 Å². The molecule has 0 heterocycles. The normalized spacial score (nSPS) is 12.1. The summed E-state index contributed by atoms with van der Waals surface area (Å²) in [6.45, 7) is 4.88. The van der Waals surface area contributed by atoms with Crippen molar-refractivity contribution in [3.63, 3.8) is 0 Å². The van der Waals surface area contributed by atoms with E-state index in [0.717, 1.165) is 19.9 Å². The van der Waals surface area contributed by atoms with Gasteiger partial charge in [0, 0.05) is 34.1 Å². The van der Waals surface area contributed by atoms with Crippen molar-refractivity contribution in [2.24, 2.45) is 0 Å². The predicted molar refractivity (Wildman–Crippen MR) is 199 cm³/mol. The number of ether oxygens (including phenoxy) is 3. The molecule has 1 atom stereocenters. The highest BCUT2D eigenvalue weighted by molar-refractivity contribution is 9.10. The standard InChI is InChI=1S/C37H41BrClN3O7S/c1-37(2,3)40-36(44)31(20-25-10-8-7-9-11-25)41(23-26-12-14-27(38)15-13-26)35(43)24-42(30-21-28(39)16-18-32(30)47-4)50(45,46)29-17-19-33(48-5)34(22-29)49-6/h7-19,21-22,31H,20,23-24H2,1-6H3,(H,40,44)/t31-/m0/s1. The van der Waals surface area contributed by atoms with Gasteiger partial charge in [-0.2, -0.15) is 0 Å². The molecule has 0 radical (unpaired) electrons. The molecule has 0 aliphatic heterocycles. The van der Waals surface area contributed by atoms with E-state index < -0.39 is 34.1 Å². The third-order valence-electron chi connectivity index (χ3n) is 7.67. The van der Waals surface area contributed by atoms with Crippen molar-refractivity contribution in [1.82, 2.24) is 10.2 Å². The van der Waals surface area contributed by atoms with Crippen LogP contribution in [-0.2, 0) is 32.6 Å². The molecule has 0 unspecified atom stereocenters. The first-order chi connectivity index (χ1) is 23.7. The second-order valence-electron chi connectivity index (χ2n) is 12.4. The van der Waals surface area contributed by atoms with Crippen molar-refractivity contribution in [2.45, 2.75) is 50.2 Å². The Kier molecular flexibility index (Phi) is 12.8. The summed E-state index contributed by atoms with van der Waals surface area (Å²) in [7, 11) is -0.272. The molecule has 0 aliphatic rings. The second kappa shape index (κ2) is 16.6. The van der Waals surface area contributed by atoms with E-state index in [4.69, 9.17) is 25.8 Å². The minimum atomic E-state index is -4.50. The molecule has 0 aromatic heterocycles. The molecule has 10 nitrogen and oxygen atoms in total. The van der Waals surface area contributed by atoms with Gasteiger partial charge in [0.2, 0.25) is 11.8 Å². The summed E-state index contributed by atoms with van der Waals surface area (Å²) in [6.07, 6.45) is 0.175. The minimum Gasteiger partial charge on any atom is -0.495 e.